The van der Waals surface area contributed by atoms with Gasteiger partial charge in [-0.3, -0.25) is 4.90 Å². The van der Waals surface area contributed by atoms with Gasteiger partial charge < -0.3 is 5.32 Å². The third kappa shape index (κ3) is 3.66. The number of nitrogens with zero attached hydrogens (tertiary/aromatic N) is 1. The zero-order valence-electron chi connectivity index (χ0n) is 11.3. The first-order valence-corrected chi connectivity index (χ1v) is 8.48. The van der Waals surface area contributed by atoms with Crippen LogP contribution in [0.1, 0.15) is 33.6 Å². The zero-order chi connectivity index (χ0) is 12.9. The monoisotopic (exact) mass is 262 g/mol. The van der Waals surface area contributed by atoms with Crippen LogP contribution in [-0.4, -0.2) is 56.5 Å². The van der Waals surface area contributed by atoms with Gasteiger partial charge in [0, 0.05) is 37.5 Å². The predicted octanol–water partition coefficient (Wildman–Crippen LogP) is 0.885. The molecule has 1 aliphatic rings. The van der Waals surface area contributed by atoms with E-state index in [1.165, 1.54) is 0 Å². The van der Waals surface area contributed by atoms with Crippen LogP contribution in [0.3, 0.4) is 0 Å². The van der Waals surface area contributed by atoms with Gasteiger partial charge in [-0.05, 0) is 12.8 Å². The summed E-state index contributed by atoms with van der Waals surface area (Å²) in [5.41, 5.74) is 0.154. The van der Waals surface area contributed by atoms with Gasteiger partial charge in [0.25, 0.3) is 0 Å². The molecule has 5 heteroatoms. The number of piperazine rings is 1. The van der Waals surface area contributed by atoms with Crippen molar-refractivity contribution < 1.29 is 8.42 Å². The highest BCUT2D eigenvalue weighted by Gasteiger charge is 2.35. The summed E-state index contributed by atoms with van der Waals surface area (Å²) in [5.74, 6) is 0.551. The molecule has 0 radical (unpaired) electrons. The van der Waals surface area contributed by atoms with Gasteiger partial charge in [0.1, 0.15) is 0 Å². The van der Waals surface area contributed by atoms with Gasteiger partial charge >= 0.3 is 0 Å². The first kappa shape index (κ1) is 14.9. The summed E-state index contributed by atoms with van der Waals surface area (Å²) < 4.78 is 23.2. The lowest BCUT2D eigenvalue weighted by Gasteiger charge is -2.47. The summed E-state index contributed by atoms with van der Waals surface area (Å²) in [5, 5.41) is 3.43. The molecule has 1 N–H and O–H groups in total. The zero-order valence-corrected chi connectivity index (χ0v) is 12.1. The van der Waals surface area contributed by atoms with E-state index < -0.39 is 9.84 Å². The fourth-order valence-corrected chi connectivity index (χ4v) is 3.36. The van der Waals surface area contributed by atoms with Crippen LogP contribution in [0.5, 0.6) is 0 Å². The summed E-state index contributed by atoms with van der Waals surface area (Å²) in [6.07, 6.45) is 2.14. The lowest BCUT2D eigenvalue weighted by molar-refractivity contribution is 0.0583. The fraction of sp³-hybridized carbons (Fsp3) is 1.00. The third-order valence-electron chi connectivity index (χ3n) is 4.11. The van der Waals surface area contributed by atoms with Crippen LogP contribution >= 0.6 is 0 Å². The van der Waals surface area contributed by atoms with Crippen LogP contribution in [0.25, 0.3) is 0 Å². The van der Waals surface area contributed by atoms with Gasteiger partial charge in [-0.1, -0.05) is 20.8 Å². The minimum atomic E-state index is -2.85. The molecule has 1 fully saturated rings. The summed E-state index contributed by atoms with van der Waals surface area (Å²) in [6.45, 7) is 9.69. The maximum Gasteiger partial charge on any atom is 0.151 e. The van der Waals surface area contributed by atoms with Crippen molar-refractivity contribution in [2.24, 2.45) is 0 Å². The van der Waals surface area contributed by atoms with Gasteiger partial charge in [0.2, 0.25) is 0 Å². The Morgan fingerprint density at radius 1 is 1.24 bits per heavy atom. The van der Waals surface area contributed by atoms with Crippen LogP contribution in [0, 0.1) is 0 Å². The molecule has 0 unspecified atom stereocenters. The normalized spacial score (nSPS) is 21.6. The van der Waals surface area contributed by atoms with E-state index in [2.05, 4.69) is 24.1 Å². The number of nitrogens with one attached hydrogen (secondary N) is 1. The molecule has 102 valence electrons. The summed E-state index contributed by atoms with van der Waals surface area (Å²) >= 11 is 0. The molecule has 0 bridgehead atoms. The molecule has 0 atom stereocenters. The van der Waals surface area contributed by atoms with Crippen LogP contribution in [0.15, 0.2) is 0 Å². The number of sulfone groups is 1. The molecule has 4 nitrogen and oxygen atoms in total. The molecule has 0 aromatic heterocycles. The fourth-order valence-electron chi connectivity index (χ4n) is 2.57. The second kappa shape index (κ2) is 6.16. The Kier molecular flexibility index (Phi) is 5.41. The molecular weight excluding hydrogens is 236 g/mol. The summed E-state index contributed by atoms with van der Waals surface area (Å²) in [7, 11) is -2.85. The van der Waals surface area contributed by atoms with Gasteiger partial charge in [-0.25, -0.2) is 8.42 Å². The van der Waals surface area contributed by atoms with E-state index in [4.69, 9.17) is 0 Å². The maximum atomic E-state index is 11.6. The minimum Gasteiger partial charge on any atom is -0.314 e. The standard InChI is InChI=1S/C12H26N2O2S/c1-4-12(5-2)11-13-7-8-14(12)9-10-17(15,16)6-3/h13H,4-11H2,1-3H3. The summed E-state index contributed by atoms with van der Waals surface area (Å²) in [6, 6.07) is 0. The molecule has 0 aliphatic carbocycles. The Balaban J connectivity index is 2.66. The number of rotatable bonds is 6. The molecule has 0 aromatic carbocycles. The van der Waals surface area contributed by atoms with Crippen molar-refractivity contribution in [3.05, 3.63) is 0 Å². The van der Waals surface area contributed by atoms with Crippen molar-refractivity contribution >= 4 is 9.84 Å². The molecular formula is C12H26N2O2S. The average Bonchev–Trinajstić information content (AvgIpc) is 2.36. The van der Waals surface area contributed by atoms with Gasteiger partial charge in [-0.15, -0.1) is 0 Å². The van der Waals surface area contributed by atoms with E-state index in [1.54, 1.807) is 6.92 Å². The van der Waals surface area contributed by atoms with E-state index in [9.17, 15) is 8.42 Å². The lowest BCUT2D eigenvalue weighted by Crippen LogP contribution is -2.61. The van der Waals surface area contributed by atoms with E-state index in [0.717, 1.165) is 32.5 Å². The van der Waals surface area contributed by atoms with Gasteiger partial charge in [0.05, 0.1) is 5.75 Å². The Morgan fingerprint density at radius 3 is 2.41 bits per heavy atom. The lowest BCUT2D eigenvalue weighted by atomic mass is 9.89. The first-order chi connectivity index (χ1) is 7.99. The largest absolute Gasteiger partial charge is 0.314 e. The highest BCUT2D eigenvalue weighted by molar-refractivity contribution is 7.91. The number of hydrogen-bond donors (Lipinski definition) is 1. The quantitative estimate of drug-likeness (QED) is 0.772. The van der Waals surface area contributed by atoms with Crippen LogP contribution in [0.4, 0.5) is 0 Å². The van der Waals surface area contributed by atoms with E-state index in [-0.39, 0.29) is 11.3 Å². The topological polar surface area (TPSA) is 49.4 Å². The Morgan fingerprint density at radius 2 is 1.88 bits per heavy atom. The van der Waals surface area contributed by atoms with Crippen LogP contribution in [0.2, 0.25) is 0 Å². The van der Waals surface area contributed by atoms with Gasteiger partial charge in [-0.2, -0.15) is 0 Å². The van der Waals surface area contributed by atoms with E-state index in [1.807, 2.05) is 0 Å². The Hall–Kier alpha value is -0.130. The predicted molar refractivity (Wildman–Crippen MR) is 72.1 cm³/mol. The van der Waals surface area contributed by atoms with Crippen molar-refractivity contribution in [2.45, 2.75) is 39.2 Å². The van der Waals surface area contributed by atoms with Crippen molar-refractivity contribution in [3.63, 3.8) is 0 Å². The second-order valence-corrected chi connectivity index (χ2v) is 7.30. The number of hydrogen-bond acceptors (Lipinski definition) is 4. The van der Waals surface area contributed by atoms with E-state index in [0.29, 0.717) is 12.3 Å². The summed E-state index contributed by atoms with van der Waals surface area (Å²) in [4.78, 5) is 2.37. The van der Waals surface area contributed by atoms with Crippen molar-refractivity contribution in [1.29, 1.82) is 0 Å². The SMILES string of the molecule is CCC1(CC)CNCCN1CCS(=O)(=O)CC. The maximum absolute atomic E-state index is 11.6. The molecule has 0 amide bonds. The highest BCUT2D eigenvalue weighted by Crippen LogP contribution is 2.25. The van der Waals surface area contributed by atoms with Crippen molar-refractivity contribution in [3.8, 4) is 0 Å². The average molecular weight is 262 g/mol. The molecule has 0 spiro atoms. The smallest absolute Gasteiger partial charge is 0.151 e. The first-order valence-electron chi connectivity index (χ1n) is 6.66. The highest BCUT2D eigenvalue weighted by atomic mass is 32.2. The Labute approximate surface area is 106 Å². The molecule has 1 rings (SSSR count). The van der Waals surface area contributed by atoms with E-state index >= 15 is 0 Å². The van der Waals surface area contributed by atoms with Crippen molar-refractivity contribution in [1.82, 2.24) is 10.2 Å². The van der Waals surface area contributed by atoms with Crippen molar-refractivity contribution in [2.75, 3.05) is 37.7 Å². The molecule has 17 heavy (non-hydrogen) atoms. The molecule has 1 heterocycles. The Bertz CT molecular complexity index is 323. The van der Waals surface area contributed by atoms with Crippen LogP contribution in [-0.2, 0) is 9.84 Å². The second-order valence-electron chi connectivity index (χ2n) is 4.83. The molecule has 1 saturated heterocycles. The van der Waals surface area contributed by atoms with Crippen LogP contribution < -0.4 is 5.32 Å². The third-order valence-corrected chi connectivity index (χ3v) is 5.80. The molecule has 0 saturated carbocycles. The van der Waals surface area contributed by atoms with Gasteiger partial charge in [0.15, 0.2) is 9.84 Å². The minimum absolute atomic E-state index is 0.154. The molecule has 0 aromatic rings. The molecule has 1 aliphatic heterocycles.